The number of fused-ring (bicyclic) bond motifs is 1. The van der Waals surface area contributed by atoms with Gasteiger partial charge in [-0.25, -0.2) is 4.98 Å². The Kier molecular flexibility index (Phi) is 3.66. The standard InChI is InChI=1S/C16H15N3OS/c1-19-10-14(13-4-3-9-17-15(13)19)16(20)18-11-5-7-12(21-2)8-6-11/h3-10H,1-2H3,(H,18,20). The first-order valence-electron chi connectivity index (χ1n) is 6.54. The topological polar surface area (TPSA) is 46.9 Å². The number of carbonyl (C=O) groups is 1. The van der Waals surface area contributed by atoms with Crippen LogP contribution in [-0.2, 0) is 7.05 Å². The van der Waals surface area contributed by atoms with Crippen molar-refractivity contribution in [1.29, 1.82) is 0 Å². The summed E-state index contributed by atoms with van der Waals surface area (Å²) >= 11 is 1.67. The molecule has 3 rings (SSSR count). The Morgan fingerprint density at radius 2 is 2.00 bits per heavy atom. The Hall–Kier alpha value is -2.27. The van der Waals surface area contributed by atoms with Gasteiger partial charge in [0.05, 0.1) is 5.56 Å². The number of hydrogen-bond acceptors (Lipinski definition) is 3. The van der Waals surface area contributed by atoms with Crippen LogP contribution in [0.5, 0.6) is 0 Å². The molecule has 2 heterocycles. The second kappa shape index (κ2) is 5.61. The number of benzene rings is 1. The predicted octanol–water partition coefficient (Wildman–Crippen LogP) is 3.55. The van der Waals surface area contributed by atoms with Crippen LogP contribution in [0.25, 0.3) is 11.0 Å². The van der Waals surface area contributed by atoms with E-state index in [4.69, 9.17) is 0 Å². The van der Waals surface area contributed by atoms with Gasteiger partial charge >= 0.3 is 0 Å². The number of amides is 1. The van der Waals surface area contributed by atoms with Gasteiger partial charge in [-0.05, 0) is 42.7 Å². The lowest BCUT2D eigenvalue weighted by atomic mass is 10.2. The smallest absolute Gasteiger partial charge is 0.257 e. The highest BCUT2D eigenvalue weighted by atomic mass is 32.2. The van der Waals surface area contributed by atoms with Crippen LogP contribution in [0.2, 0.25) is 0 Å². The molecule has 1 N–H and O–H groups in total. The fourth-order valence-corrected chi connectivity index (χ4v) is 2.67. The van der Waals surface area contributed by atoms with Crippen molar-refractivity contribution < 1.29 is 4.79 Å². The van der Waals surface area contributed by atoms with Crippen molar-refractivity contribution in [3.8, 4) is 0 Å². The number of nitrogens with one attached hydrogen (secondary N) is 1. The predicted molar refractivity (Wildman–Crippen MR) is 86.9 cm³/mol. The molecule has 0 aliphatic heterocycles. The van der Waals surface area contributed by atoms with Gasteiger partial charge in [-0.2, -0.15) is 0 Å². The van der Waals surface area contributed by atoms with E-state index in [1.165, 1.54) is 4.90 Å². The van der Waals surface area contributed by atoms with Gasteiger partial charge < -0.3 is 9.88 Å². The number of aromatic nitrogens is 2. The second-order valence-corrected chi connectivity index (χ2v) is 5.59. The molecule has 3 aromatic rings. The summed E-state index contributed by atoms with van der Waals surface area (Å²) in [5.41, 5.74) is 2.23. The number of thioether (sulfide) groups is 1. The Labute approximate surface area is 127 Å². The lowest BCUT2D eigenvalue weighted by Crippen LogP contribution is -2.11. The summed E-state index contributed by atoms with van der Waals surface area (Å²) in [6, 6.07) is 11.6. The molecule has 0 radical (unpaired) electrons. The van der Waals surface area contributed by atoms with Gasteiger partial charge in [0.15, 0.2) is 0 Å². The number of hydrogen-bond donors (Lipinski definition) is 1. The fourth-order valence-electron chi connectivity index (χ4n) is 2.27. The van der Waals surface area contributed by atoms with Crippen LogP contribution in [0, 0.1) is 0 Å². The minimum Gasteiger partial charge on any atom is -0.335 e. The first kappa shape index (κ1) is 13.7. The zero-order chi connectivity index (χ0) is 14.8. The van der Waals surface area contributed by atoms with E-state index in [2.05, 4.69) is 10.3 Å². The summed E-state index contributed by atoms with van der Waals surface area (Å²) < 4.78 is 1.86. The fraction of sp³-hybridized carbons (Fsp3) is 0.125. The number of aryl methyl sites for hydroxylation is 1. The summed E-state index contributed by atoms with van der Waals surface area (Å²) in [4.78, 5) is 17.9. The summed E-state index contributed by atoms with van der Waals surface area (Å²) in [5.74, 6) is -0.120. The van der Waals surface area contributed by atoms with Crippen LogP contribution < -0.4 is 5.32 Å². The van der Waals surface area contributed by atoms with E-state index >= 15 is 0 Å². The molecule has 0 atom stereocenters. The highest BCUT2D eigenvalue weighted by Crippen LogP contribution is 2.21. The molecule has 0 spiro atoms. The van der Waals surface area contributed by atoms with Crippen LogP contribution in [0.1, 0.15) is 10.4 Å². The van der Waals surface area contributed by atoms with E-state index < -0.39 is 0 Å². The zero-order valence-electron chi connectivity index (χ0n) is 11.8. The molecule has 5 heteroatoms. The molecule has 21 heavy (non-hydrogen) atoms. The Morgan fingerprint density at radius 1 is 1.24 bits per heavy atom. The van der Waals surface area contributed by atoms with E-state index in [1.807, 2.05) is 60.5 Å². The Bertz CT molecular complexity index is 793. The maximum Gasteiger partial charge on any atom is 0.257 e. The minimum absolute atomic E-state index is 0.120. The monoisotopic (exact) mass is 297 g/mol. The summed E-state index contributed by atoms with van der Waals surface area (Å²) in [7, 11) is 1.89. The largest absolute Gasteiger partial charge is 0.335 e. The van der Waals surface area contributed by atoms with Crippen molar-refractivity contribution in [3.05, 3.63) is 54.4 Å². The maximum absolute atomic E-state index is 12.4. The van der Waals surface area contributed by atoms with Gasteiger partial charge in [-0.3, -0.25) is 4.79 Å². The van der Waals surface area contributed by atoms with E-state index in [1.54, 1.807) is 18.0 Å². The van der Waals surface area contributed by atoms with Gasteiger partial charge in [-0.1, -0.05) is 0 Å². The second-order valence-electron chi connectivity index (χ2n) is 4.71. The minimum atomic E-state index is -0.120. The molecule has 0 saturated carbocycles. The van der Waals surface area contributed by atoms with Crippen LogP contribution >= 0.6 is 11.8 Å². The molecule has 0 saturated heterocycles. The molecule has 0 unspecified atom stereocenters. The third-order valence-electron chi connectivity index (χ3n) is 3.33. The highest BCUT2D eigenvalue weighted by molar-refractivity contribution is 7.98. The van der Waals surface area contributed by atoms with Crippen LogP contribution in [0.15, 0.2) is 53.7 Å². The number of pyridine rings is 1. The molecular formula is C16H15N3OS. The van der Waals surface area contributed by atoms with Crippen molar-refractivity contribution in [2.45, 2.75) is 4.90 Å². The molecule has 1 amide bonds. The van der Waals surface area contributed by atoms with Gasteiger partial charge in [0.1, 0.15) is 5.65 Å². The number of carbonyl (C=O) groups excluding carboxylic acids is 1. The first-order chi connectivity index (χ1) is 10.2. The van der Waals surface area contributed by atoms with E-state index in [9.17, 15) is 4.79 Å². The van der Waals surface area contributed by atoms with Gasteiger partial charge in [0.2, 0.25) is 0 Å². The normalized spacial score (nSPS) is 10.8. The average Bonchev–Trinajstić information content (AvgIpc) is 2.86. The molecule has 0 fully saturated rings. The maximum atomic E-state index is 12.4. The molecule has 106 valence electrons. The van der Waals surface area contributed by atoms with Crippen molar-refractivity contribution in [2.75, 3.05) is 11.6 Å². The highest BCUT2D eigenvalue weighted by Gasteiger charge is 2.14. The summed E-state index contributed by atoms with van der Waals surface area (Å²) in [6.07, 6.45) is 5.56. The molecule has 0 aliphatic carbocycles. The average molecular weight is 297 g/mol. The Balaban J connectivity index is 1.90. The molecule has 1 aromatic carbocycles. The number of rotatable bonds is 3. The lowest BCUT2D eigenvalue weighted by molar-refractivity contribution is 0.102. The van der Waals surface area contributed by atoms with Crippen LogP contribution in [0.4, 0.5) is 5.69 Å². The number of anilines is 1. The first-order valence-corrected chi connectivity index (χ1v) is 7.77. The van der Waals surface area contributed by atoms with Crippen molar-refractivity contribution >= 4 is 34.4 Å². The SMILES string of the molecule is CSc1ccc(NC(=O)c2cn(C)c3ncccc23)cc1. The zero-order valence-corrected chi connectivity index (χ0v) is 12.6. The number of nitrogens with zero attached hydrogens (tertiary/aromatic N) is 2. The van der Waals surface area contributed by atoms with Gasteiger partial charge in [0, 0.05) is 35.4 Å². The Morgan fingerprint density at radius 3 is 2.71 bits per heavy atom. The van der Waals surface area contributed by atoms with Crippen LogP contribution in [0.3, 0.4) is 0 Å². The summed E-state index contributed by atoms with van der Waals surface area (Å²) in [6.45, 7) is 0. The third-order valence-corrected chi connectivity index (χ3v) is 4.07. The third kappa shape index (κ3) is 2.64. The van der Waals surface area contributed by atoms with Gasteiger partial charge in [-0.15, -0.1) is 11.8 Å². The summed E-state index contributed by atoms with van der Waals surface area (Å²) in [5, 5.41) is 3.79. The molecule has 0 aliphatic rings. The molecular weight excluding hydrogens is 282 g/mol. The molecule has 2 aromatic heterocycles. The van der Waals surface area contributed by atoms with E-state index in [-0.39, 0.29) is 5.91 Å². The van der Waals surface area contributed by atoms with E-state index in [0.29, 0.717) is 5.56 Å². The van der Waals surface area contributed by atoms with Crippen molar-refractivity contribution in [3.63, 3.8) is 0 Å². The van der Waals surface area contributed by atoms with Crippen molar-refractivity contribution in [2.24, 2.45) is 7.05 Å². The quantitative estimate of drug-likeness (QED) is 0.752. The van der Waals surface area contributed by atoms with Gasteiger partial charge in [0.25, 0.3) is 5.91 Å². The lowest BCUT2D eigenvalue weighted by Gasteiger charge is -2.05. The molecule has 4 nitrogen and oxygen atoms in total. The van der Waals surface area contributed by atoms with E-state index in [0.717, 1.165) is 16.7 Å². The van der Waals surface area contributed by atoms with Crippen molar-refractivity contribution in [1.82, 2.24) is 9.55 Å². The van der Waals surface area contributed by atoms with Crippen LogP contribution in [-0.4, -0.2) is 21.7 Å². The molecule has 0 bridgehead atoms.